The molecule has 0 saturated carbocycles. The average molecular weight is 255 g/mol. The summed E-state index contributed by atoms with van der Waals surface area (Å²) in [5.41, 5.74) is 2.83. The summed E-state index contributed by atoms with van der Waals surface area (Å²) in [7, 11) is 0. The first kappa shape index (κ1) is 11.5. The number of anilines is 1. The van der Waals surface area contributed by atoms with E-state index in [1.54, 1.807) is 18.5 Å². The third-order valence-electron chi connectivity index (χ3n) is 2.91. The highest BCUT2D eigenvalue weighted by Crippen LogP contribution is 2.26. The van der Waals surface area contributed by atoms with Crippen LogP contribution in [-0.4, -0.2) is 22.7 Å². The number of benzene rings is 1. The Morgan fingerprint density at radius 3 is 3.26 bits per heavy atom. The number of aromatic amines is 1. The highest BCUT2D eigenvalue weighted by atomic mass is 16.5. The fourth-order valence-corrected chi connectivity index (χ4v) is 1.99. The molecule has 0 fully saturated rings. The summed E-state index contributed by atoms with van der Waals surface area (Å²) in [6.07, 6.45) is 7.40. The Labute approximate surface area is 110 Å². The number of fused-ring (bicyclic) bond motifs is 1. The van der Waals surface area contributed by atoms with Crippen molar-refractivity contribution in [2.75, 3.05) is 11.9 Å². The molecule has 1 amide bonds. The first-order valence-electron chi connectivity index (χ1n) is 6.05. The fraction of sp³-hybridized carbons (Fsp3) is 0.143. The molecule has 0 atom stereocenters. The molecule has 1 aliphatic heterocycles. The molecule has 2 aromatic rings. The van der Waals surface area contributed by atoms with Crippen LogP contribution in [0.4, 0.5) is 5.69 Å². The van der Waals surface area contributed by atoms with E-state index in [4.69, 9.17) is 4.74 Å². The number of carbonyl (C=O) groups is 1. The molecule has 0 unspecified atom stereocenters. The van der Waals surface area contributed by atoms with Crippen LogP contribution in [0.1, 0.15) is 11.1 Å². The molecule has 1 aromatic heterocycles. The molecule has 2 N–H and O–H groups in total. The topological polar surface area (TPSA) is 67.0 Å². The zero-order valence-corrected chi connectivity index (χ0v) is 10.2. The van der Waals surface area contributed by atoms with E-state index in [-0.39, 0.29) is 5.91 Å². The summed E-state index contributed by atoms with van der Waals surface area (Å²) in [6.45, 7) is 0.740. The molecule has 3 rings (SSSR count). The molecule has 0 saturated heterocycles. The van der Waals surface area contributed by atoms with Crippen molar-refractivity contribution in [3.05, 3.63) is 47.8 Å². The number of hydrogen-bond acceptors (Lipinski definition) is 3. The largest absolute Gasteiger partial charge is 0.493 e. The summed E-state index contributed by atoms with van der Waals surface area (Å²) in [6, 6.07) is 5.92. The smallest absolute Gasteiger partial charge is 0.248 e. The summed E-state index contributed by atoms with van der Waals surface area (Å²) in [5, 5.41) is 9.09. The van der Waals surface area contributed by atoms with Crippen molar-refractivity contribution in [3.8, 4) is 5.75 Å². The van der Waals surface area contributed by atoms with E-state index in [2.05, 4.69) is 15.5 Å². The first-order chi connectivity index (χ1) is 9.31. The van der Waals surface area contributed by atoms with E-state index in [1.807, 2.05) is 18.2 Å². The van der Waals surface area contributed by atoms with Crippen molar-refractivity contribution in [2.45, 2.75) is 6.42 Å². The molecular weight excluding hydrogens is 242 g/mol. The van der Waals surface area contributed by atoms with Crippen LogP contribution in [0.5, 0.6) is 5.75 Å². The quantitative estimate of drug-likeness (QED) is 0.824. The highest BCUT2D eigenvalue weighted by Gasteiger charge is 2.11. The minimum atomic E-state index is -0.182. The summed E-state index contributed by atoms with van der Waals surface area (Å²) >= 11 is 0. The van der Waals surface area contributed by atoms with Crippen LogP contribution >= 0.6 is 0 Å². The zero-order valence-electron chi connectivity index (χ0n) is 10.2. The van der Waals surface area contributed by atoms with Gasteiger partial charge in [-0.2, -0.15) is 5.10 Å². The van der Waals surface area contributed by atoms with Gasteiger partial charge < -0.3 is 10.1 Å². The second-order valence-corrected chi connectivity index (χ2v) is 4.28. The van der Waals surface area contributed by atoms with E-state index in [0.717, 1.165) is 24.3 Å². The van der Waals surface area contributed by atoms with Gasteiger partial charge in [-0.15, -0.1) is 0 Å². The maximum absolute atomic E-state index is 11.7. The first-order valence-corrected chi connectivity index (χ1v) is 6.05. The van der Waals surface area contributed by atoms with Crippen molar-refractivity contribution in [3.63, 3.8) is 0 Å². The van der Waals surface area contributed by atoms with Crippen molar-refractivity contribution >= 4 is 17.7 Å². The van der Waals surface area contributed by atoms with Crippen LogP contribution in [0.2, 0.25) is 0 Å². The van der Waals surface area contributed by atoms with Gasteiger partial charge in [0.15, 0.2) is 0 Å². The van der Waals surface area contributed by atoms with Crippen LogP contribution < -0.4 is 10.1 Å². The van der Waals surface area contributed by atoms with Crippen LogP contribution in [0, 0.1) is 0 Å². The Balaban J connectivity index is 1.67. The van der Waals surface area contributed by atoms with E-state index in [9.17, 15) is 4.79 Å². The van der Waals surface area contributed by atoms with Crippen LogP contribution in [0.25, 0.3) is 6.08 Å². The minimum Gasteiger partial charge on any atom is -0.493 e. The lowest BCUT2D eigenvalue weighted by atomic mass is 10.1. The van der Waals surface area contributed by atoms with Crippen molar-refractivity contribution < 1.29 is 9.53 Å². The monoisotopic (exact) mass is 255 g/mol. The predicted molar refractivity (Wildman–Crippen MR) is 71.9 cm³/mol. The van der Waals surface area contributed by atoms with Gasteiger partial charge in [-0.1, -0.05) is 6.07 Å². The molecule has 0 bridgehead atoms. The summed E-state index contributed by atoms with van der Waals surface area (Å²) < 4.78 is 5.44. The lowest BCUT2D eigenvalue weighted by Gasteiger charge is -2.00. The van der Waals surface area contributed by atoms with Crippen molar-refractivity contribution in [1.82, 2.24) is 10.2 Å². The molecule has 1 aromatic carbocycles. The van der Waals surface area contributed by atoms with Crippen molar-refractivity contribution in [2.24, 2.45) is 0 Å². The zero-order chi connectivity index (χ0) is 13.1. The van der Waals surface area contributed by atoms with Gasteiger partial charge >= 0.3 is 0 Å². The van der Waals surface area contributed by atoms with Gasteiger partial charge in [-0.3, -0.25) is 9.89 Å². The number of rotatable bonds is 3. The molecule has 19 heavy (non-hydrogen) atoms. The number of carbonyl (C=O) groups excluding carboxylic acids is 1. The second-order valence-electron chi connectivity index (χ2n) is 4.28. The third-order valence-corrected chi connectivity index (χ3v) is 2.91. The number of nitrogens with zero attached hydrogens (tertiary/aromatic N) is 1. The molecule has 0 spiro atoms. The fourth-order valence-electron chi connectivity index (χ4n) is 1.99. The molecule has 5 heteroatoms. The Kier molecular flexibility index (Phi) is 3.02. The van der Waals surface area contributed by atoms with Crippen molar-refractivity contribution in [1.29, 1.82) is 0 Å². The number of nitrogens with one attached hydrogen (secondary N) is 2. The van der Waals surface area contributed by atoms with Crippen LogP contribution in [0.15, 0.2) is 36.7 Å². The second kappa shape index (κ2) is 4.97. The number of ether oxygens (including phenoxy) is 1. The Morgan fingerprint density at radius 2 is 2.42 bits per heavy atom. The molecule has 0 radical (unpaired) electrons. The van der Waals surface area contributed by atoms with E-state index >= 15 is 0 Å². The SMILES string of the molecule is O=C(/C=C/c1ccc2c(c1)CCO2)Nc1cn[nH]c1. The summed E-state index contributed by atoms with van der Waals surface area (Å²) in [5.74, 6) is 0.762. The molecule has 96 valence electrons. The maximum atomic E-state index is 11.7. The molecule has 5 nitrogen and oxygen atoms in total. The third kappa shape index (κ3) is 2.65. The lowest BCUT2D eigenvalue weighted by molar-refractivity contribution is -0.111. The minimum absolute atomic E-state index is 0.182. The van der Waals surface area contributed by atoms with Gasteiger partial charge in [-0.25, -0.2) is 0 Å². The van der Waals surface area contributed by atoms with Crippen LogP contribution in [0.3, 0.4) is 0 Å². The average Bonchev–Trinajstić information content (AvgIpc) is 3.06. The van der Waals surface area contributed by atoms with Crippen LogP contribution in [-0.2, 0) is 11.2 Å². The van der Waals surface area contributed by atoms with E-state index < -0.39 is 0 Å². The standard InChI is InChI=1S/C14H13N3O2/c18-14(17-12-8-15-16-9-12)4-2-10-1-3-13-11(7-10)5-6-19-13/h1-4,7-9H,5-6H2,(H,15,16)(H,17,18)/b4-2+. The van der Waals surface area contributed by atoms with E-state index in [0.29, 0.717) is 5.69 Å². The van der Waals surface area contributed by atoms with Gasteiger partial charge in [0, 0.05) is 18.7 Å². The maximum Gasteiger partial charge on any atom is 0.248 e. The molecular formula is C14H13N3O2. The summed E-state index contributed by atoms with van der Waals surface area (Å²) in [4.78, 5) is 11.7. The number of aromatic nitrogens is 2. The normalized spacial score (nSPS) is 13.3. The number of hydrogen-bond donors (Lipinski definition) is 2. The number of amides is 1. The van der Waals surface area contributed by atoms with Gasteiger partial charge in [0.2, 0.25) is 5.91 Å². The predicted octanol–water partition coefficient (Wildman–Crippen LogP) is 2.00. The Bertz CT molecular complexity index is 618. The highest BCUT2D eigenvalue weighted by molar-refractivity contribution is 6.01. The van der Waals surface area contributed by atoms with Gasteiger partial charge in [0.05, 0.1) is 18.5 Å². The van der Waals surface area contributed by atoms with Gasteiger partial charge in [0.25, 0.3) is 0 Å². The molecule has 2 heterocycles. The molecule has 0 aliphatic carbocycles. The Morgan fingerprint density at radius 1 is 1.47 bits per heavy atom. The van der Waals surface area contributed by atoms with Gasteiger partial charge in [-0.05, 0) is 29.3 Å². The van der Waals surface area contributed by atoms with E-state index in [1.165, 1.54) is 11.6 Å². The Hall–Kier alpha value is -2.56. The lowest BCUT2D eigenvalue weighted by Crippen LogP contribution is -2.06. The number of H-pyrrole nitrogens is 1. The molecule has 1 aliphatic rings. The van der Waals surface area contributed by atoms with Gasteiger partial charge in [0.1, 0.15) is 5.75 Å².